The van der Waals surface area contributed by atoms with Crippen LogP contribution in [0.25, 0.3) is 0 Å². The van der Waals surface area contributed by atoms with Gasteiger partial charge >= 0.3 is 0 Å². The largest absolute Gasteiger partial charge is 0.423 e. The average Bonchev–Trinajstić information content (AvgIpc) is 2.94. The van der Waals surface area contributed by atoms with Crippen molar-refractivity contribution in [3.8, 4) is 0 Å². The van der Waals surface area contributed by atoms with E-state index < -0.39 is 0 Å². The van der Waals surface area contributed by atoms with Crippen molar-refractivity contribution in [2.75, 3.05) is 6.54 Å². The van der Waals surface area contributed by atoms with Gasteiger partial charge < -0.3 is 9.73 Å². The number of hydrogen-bond donors (Lipinski definition) is 1. The van der Waals surface area contributed by atoms with E-state index in [2.05, 4.69) is 41.5 Å². The lowest BCUT2D eigenvalue weighted by Crippen LogP contribution is -2.19. The van der Waals surface area contributed by atoms with Crippen molar-refractivity contribution in [3.63, 3.8) is 0 Å². The zero-order valence-electron chi connectivity index (χ0n) is 11.8. The van der Waals surface area contributed by atoms with Gasteiger partial charge in [-0.1, -0.05) is 37.3 Å². The first-order chi connectivity index (χ1) is 9.22. The molecule has 4 nitrogen and oxygen atoms in total. The van der Waals surface area contributed by atoms with Gasteiger partial charge in [0.1, 0.15) is 0 Å². The van der Waals surface area contributed by atoms with E-state index in [1.165, 1.54) is 5.56 Å². The molecule has 2 rings (SSSR count). The van der Waals surface area contributed by atoms with Gasteiger partial charge in [-0.15, -0.1) is 10.2 Å². The van der Waals surface area contributed by atoms with Gasteiger partial charge in [-0.25, -0.2) is 0 Å². The van der Waals surface area contributed by atoms with Crippen LogP contribution in [0.5, 0.6) is 0 Å². The van der Waals surface area contributed by atoms with Gasteiger partial charge in [-0.2, -0.15) is 0 Å². The fraction of sp³-hybridized carbons (Fsp3) is 0.467. The predicted octanol–water partition coefficient (Wildman–Crippen LogP) is 3.28. The third-order valence-corrected chi connectivity index (χ3v) is 3.20. The topological polar surface area (TPSA) is 51.0 Å². The van der Waals surface area contributed by atoms with E-state index in [-0.39, 0.29) is 12.0 Å². The van der Waals surface area contributed by atoms with Crippen molar-refractivity contribution >= 4 is 0 Å². The molecule has 102 valence electrons. The molecular formula is C15H21N3O. The van der Waals surface area contributed by atoms with Crippen LogP contribution in [0.3, 0.4) is 0 Å². The Kier molecular flexibility index (Phi) is 4.68. The fourth-order valence-corrected chi connectivity index (χ4v) is 1.93. The molecule has 2 atom stereocenters. The molecule has 1 aromatic heterocycles. The van der Waals surface area contributed by atoms with Crippen molar-refractivity contribution in [2.45, 2.75) is 39.2 Å². The number of nitrogens with zero attached hydrogens (tertiary/aromatic N) is 2. The van der Waals surface area contributed by atoms with Crippen LogP contribution in [0.15, 0.2) is 34.7 Å². The van der Waals surface area contributed by atoms with E-state index in [9.17, 15) is 0 Å². The highest BCUT2D eigenvalue weighted by Crippen LogP contribution is 2.23. The molecule has 0 aliphatic rings. The molecule has 2 aromatic rings. The summed E-state index contributed by atoms with van der Waals surface area (Å²) in [5, 5.41) is 11.6. The molecular weight excluding hydrogens is 238 g/mol. The number of rotatable bonds is 6. The maximum atomic E-state index is 5.77. The Bertz CT molecular complexity index is 495. The number of benzene rings is 1. The third-order valence-electron chi connectivity index (χ3n) is 3.20. The Balaban J connectivity index is 2.08. The molecule has 0 saturated carbocycles. The van der Waals surface area contributed by atoms with Crippen LogP contribution in [0.2, 0.25) is 0 Å². The van der Waals surface area contributed by atoms with E-state index in [0.29, 0.717) is 11.8 Å². The van der Waals surface area contributed by atoms with E-state index >= 15 is 0 Å². The van der Waals surface area contributed by atoms with Gasteiger partial charge in [0.05, 0.1) is 12.0 Å². The summed E-state index contributed by atoms with van der Waals surface area (Å²) in [4.78, 5) is 0. The first-order valence-electron chi connectivity index (χ1n) is 6.84. The summed E-state index contributed by atoms with van der Waals surface area (Å²) in [6.07, 6.45) is 1.09. The zero-order chi connectivity index (χ0) is 13.7. The minimum Gasteiger partial charge on any atom is -0.423 e. The SMILES string of the molecule is CCCNC(C)c1nnc(C(C)c2ccccc2)o1. The van der Waals surface area contributed by atoms with Gasteiger partial charge in [-0.3, -0.25) is 0 Å². The van der Waals surface area contributed by atoms with Gasteiger partial charge in [0.25, 0.3) is 0 Å². The smallest absolute Gasteiger partial charge is 0.233 e. The molecule has 1 aromatic carbocycles. The minimum absolute atomic E-state index is 0.101. The molecule has 1 heterocycles. The Morgan fingerprint density at radius 2 is 1.79 bits per heavy atom. The van der Waals surface area contributed by atoms with Crippen LogP contribution in [0, 0.1) is 0 Å². The first-order valence-corrected chi connectivity index (χ1v) is 6.84. The zero-order valence-corrected chi connectivity index (χ0v) is 11.8. The standard InChI is InChI=1S/C15H21N3O/c1-4-10-16-12(3)15-18-17-14(19-15)11(2)13-8-6-5-7-9-13/h5-9,11-12,16H,4,10H2,1-3H3. The van der Waals surface area contributed by atoms with Crippen molar-refractivity contribution in [1.29, 1.82) is 0 Å². The lowest BCUT2D eigenvalue weighted by atomic mass is 10.0. The van der Waals surface area contributed by atoms with Crippen LogP contribution < -0.4 is 5.32 Å². The Hall–Kier alpha value is -1.68. The highest BCUT2D eigenvalue weighted by atomic mass is 16.4. The fourth-order valence-electron chi connectivity index (χ4n) is 1.93. The van der Waals surface area contributed by atoms with Gasteiger partial charge in [0, 0.05) is 0 Å². The molecule has 2 unspecified atom stereocenters. The Labute approximate surface area is 114 Å². The summed E-state index contributed by atoms with van der Waals surface area (Å²) in [6, 6.07) is 10.3. The molecule has 0 aliphatic carbocycles. The summed E-state index contributed by atoms with van der Waals surface area (Å²) in [7, 11) is 0. The minimum atomic E-state index is 0.101. The molecule has 0 aliphatic heterocycles. The Morgan fingerprint density at radius 1 is 1.11 bits per heavy atom. The number of hydrogen-bond acceptors (Lipinski definition) is 4. The summed E-state index contributed by atoms with van der Waals surface area (Å²) in [6.45, 7) is 7.21. The van der Waals surface area contributed by atoms with E-state index in [4.69, 9.17) is 4.42 Å². The second kappa shape index (κ2) is 6.48. The maximum absolute atomic E-state index is 5.77. The highest BCUT2D eigenvalue weighted by Gasteiger charge is 2.18. The van der Waals surface area contributed by atoms with E-state index in [1.807, 2.05) is 25.1 Å². The van der Waals surface area contributed by atoms with Gasteiger partial charge in [-0.05, 0) is 32.4 Å². The van der Waals surface area contributed by atoms with E-state index in [1.54, 1.807) is 0 Å². The summed E-state index contributed by atoms with van der Waals surface area (Å²) >= 11 is 0. The van der Waals surface area contributed by atoms with Crippen molar-refractivity contribution < 1.29 is 4.42 Å². The van der Waals surface area contributed by atoms with Crippen molar-refractivity contribution in [3.05, 3.63) is 47.7 Å². The van der Waals surface area contributed by atoms with Crippen LogP contribution in [0.4, 0.5) is 0 Å². The lowest BCUT2D eigenvalue weighted by molar-refractivity contribution is 0.387. The van der Waals surface area contributed by atoms with Crippen molar-refractivity contribution in [2.24, 2.45) is 0 Å². The van der Waals surface area contributed by atoms with Gasteiger partial charge in [0.2, 0.25) is 11.8 Å². The van der Waals surface area contributed by atoms with Gasteiger partial charge in [0.15, 0.2) is 0 Å². The number of nitrogens with one attached hydrogen (secondary N) is 1. The molecule has 0 amide bonds. The van der Waals surface area contributed by atoms with Crippen LogP contribution in [-0.4, -0.2) is 16.7 Å². The lowest BCUT2D eigenvalue weighted by Gasteiger charge is -2.09. The first kappa shape index (κ1) is 13.7. The summed E-state index contributed by atoms with van der Waals surface area (Å²) in [5.74, 6) is 1.46. The maximum Gasteiger partial charge on any atom is 0.233 e. The Morgan fingerprint density at radius 3 is 2.47 bits per heavy atom. The molecule has 1 N–H and O–H groups in total. The average molecular weight is 259 g/mol. The molecule has 0 spiro atoms. The second-order valence-electron chi connectivity index (χ2n) is 4.79. The van der Waals surface area contributed by atoms with E-state index in [0.717, 1.165) is 13.0 Å². The molecule has 0 bridgehead atoms. The third kappa shape index (κ3) is 3.41. The van der Waals surface area contributed by atoms with Crippen molar-refractivity contribution in [1.82, 2.24) is 15.5 Å². The molecule has 4 heteroatoms. The normalized spacial score (nSPS) is 14.3. The highest BCUT2D eigenvalue weighted by molar-refractivity contribution is 5.23. The monoisotopic (exact) mass is 259 g/mol. The van der Waals surface area contributed by atoms with Crippen LogP contribution >= 0.6 is 0 Å². The molecule has 19 heavy (non-hydrogen) atoms. The molecule has 0 fully saturated rings. The summed E-state index contributed by atoms with van der Waals surface area (Å²) in [5.41, 5.74) is 1.19. The van der Waals surface area contributed by atoms with Crippen LogP contribution in [-0.2, 0) is 0 Å². The quantitative estimate of drug-likeness (QED) is 0.865. The summed E-state index contributed by atoms with van der Waals surface area (Å²) < 4.78 is 5.77. The molecule has 0 saturated heterocycles. The second-order valence-corrected chi connectivity index (χ2v) is 4.79. The predicted molar refractivity (Wildman–Crippen MR) is 75.0 cm³/mol. The van der Waals surface area contributed by atoms with Crippen LogP contribution in [0.1, 0.15) is 56.5 Å². The number of aromatic nitrogens is 2. The molecule has 0 radical (unpaired) electrons.